The molecule has 214 valence electrons. The van der Waals surface area contributed by atoms with E-state index < -0.39 is 17.7 Å². The van der Waals surface area contributed by atoms with Crippen LogP contribution in [-0.4, -0.2) is 6.18 Å². The third-order valence-electron chi connectivity index (χ3n) is 8.69. The molecule has 0 aliphatic heterocycles. The summed E-state index contributed by atoms with van der Waals surface area (Å²) in [5.41, 5.74) is 2.08. The van der Waals surface area contributed by atoms with Crippen molar-refractivity contribution >= 4 is 53.9 Å². The van der Waals surface area contributed by atoms with Crippen molar-refractivity contribution in [2.75, 3.05) is 0 Å². The van der Waals surface area contributed by atoms with E-state index in [1.807, 2.05) is 48.5 Å². The smallest absolute Gasteiger partial charge is 0.207 e. The fourth-order valence-corrected chi connectivity index (χ4v) is 6.80. The van der Waals surface area contributed by atoms with Crippen LogP contribution in [0.15, 0.2) is 121 Å². The Morgan fingerprint density at radius 1 is 0.409 bits per heavy atom. The highest BCUT2D eigenvalue weighted by atomic mass is 19.4. The number of halogens is 6. The summed E-state index contributed by atoms with van der Waals surface area (Å²) in [4.78, 5) is 0. The molecular formula is C38H20F6. The molecular weight excluding hydrogens is 570 g/mol. The van der Waals surface area contributed by atoms with Crippen LogP contribution in [0.25, 0.3) is 76.1 Å². The highest BCUT2D eigenvalue weighted by Gasteiger charge is 2.60. The molecule has 0 bridgehead atoms. The SMILES string of the molecule is Fc1ccc(-c2ccc3ccc4c(-c5c6ccccc6c(C(F)(F)C(F)(F)F)c6ccccc56)ccc5ccc2c3c54)cc1. The van der Waals surface area contributed by atoms with E-state index in [9.17, 15) is 17.6 Å². The van der Waals surface area contributed by atoms with E-state index >= 15 is 8.78 Å². The minimum absolute atomic E-state index is 0.146. The van der Waals surface area contributed by atoms with Gasteiger partial charge in [-0.15, -0.1) is 0 Å². The first-order chi connectivity index (χ1) is 21.1. The Labute approximate surface area is 247 Å². The summed E-state index contributed by atoms with van der Waals surface area (Å²) in [6, 6.07) is 34.4. The van der Waals surface area contributed by atoms with Gasteiger partial charge in [0.15, 0.2) is 0 Å². The standard InChI is InChI=1S/C38H20F6/c39-24-15-9-21(10-16-24)25-17-11-22-13-19-29-30(20-14-23-12-18-28(25)33(22)34(23)29)35-26-5-1-3-7-31(26)36(37(40,41)38(42,43)44)32-8-4-2-6-27(32)35/h1-20H. The van der Waals surface area contributed by atoms with Crippen molar-refractivity contribution in [3.63, 3.8) is 0 Å². The predicted octanol–water partition coefficient (Wildman–Crippen LogP) is 12.0. The molecule has 0 fully saturated rings. The van der Waals surface area contributed by atoms with Crippen LogP contribution in [0.4, 0.5) is 26.3 Å². The third-order valence-corrected chi connectivity index (χ3v) is 8.69. The molecule has 0 radical (unpaired) electrons. The maximum Gasteiger partial charge on any atom is 0.458 e. The summed E-state index contributed by atoms with van der Waals surface area (Å²) < 4.78 is 85.7. The quantitative estimate of drug-likeness (QED) is 0.109. The summed E-state index contributed by atoms with van der Waals surface area (Å²) in [5, 5.41) is 6.07. The van der Waals surface area contributed by atoms with Crippen LogP contribution < -0.4 is 0 Å². The summed E-state index contributed by atoms with van der Waals surface area (Å²) in [6.07, 6.45) is -5.77. The highest BCUT2D eigenvalue weighted by Crippen LogP contribution is 2.52. The molecule has 0 N–H and O–H groups in total. The topological polar surface area (TPSA) is 0 Å². The van der Waals surface area contributed by atoms with Gasteiger partial charge in [0.2, 0.25) is 0 Å². The van der Waals surface area contributed by atoms with Crippen molar-refractivity contribution in [2.24, 2.45) is 0 Å². The van der Waals surface area contributed by atoms with Gasteiger partial charge in [-0.2, -0.15) is 22.0 Å². The molecule has 0 aromatic heterocycles. The molecule has 6 heteroatoms. The average molecular weight is 591 g/mol. The molecule has 0 aliphatic rings. The molecule has 44 heavy (non-hydrogen) atoms. The van der Waals surface area contributed by atoms with Gasteiger partial charge in [0.25, 0.3) is 0 Å². The van der Waals surface area contributed by atoms with Crippen molar-refractivity contribution in [1.82, 2.24) is 0 Å². The summed E-state index contributed by atoms with van der Waals surface area (Å²) >= 11 is 0. The van der Waals surface area contributed by atoms with Gasteiger partial charge in [0.05, 0.1) is 0 Å². The van der Waals surface area contributed by atoms with Gasteiger partial charge in [0.1, 0.15) is 5.82 Å². The van der Waals surface area contributed by atoms with Gasteiger partial charge < -0.3 is 0 Å². The van der Waals surface area contributed by atoms with E-state index in [1.165, 1.54) is 36.4 Å². The first-order valence-corrected chi connectivity index (χ1v) is 14.0. The minimum Gasteiger partial charge on any atom is -0.207 e. The lowest BCUT2D eigenvalue weighted by Crippen LogP contribution is -2.34. The van der Waals surface area contributed by atoms with Gasteiger partial charge >= 0.3 is 12.1 Å². The average Bonchev–Trinajstić information content (AvgIpc) is 3.02. The Morgan fingerprint density at radius 3 is 1.39 bits per heavy atom. The van der Waals surface area contributed by atoms with Crippen LogP contribution in [-0.2, 0) is 5.92 Å². The first kappa shape index (κ1) is 26.5. The zero-order valence-corrected chi connectivity index (χ0v) is 22.8. The number of benzene rings is 8. The largest absolute Gasteiger partial charge is 0.458 e. The Kier molecular flexibility index (Phi) is 5.54. The van der Waals surface area contributed by atoms with E-state index in [-0.39, 0.29) is 16.6 Å². The summed E-state index contributed by atoms with van der Waals surface area (Å²) in [6.45, 7) is 0. The molecule has 0 saturated carbocycles. The number of alkyl halides is 5. The molecule has 0 amide bonds. The molecule has 0 unspecified atom stereocenters. The van der Waals surface area contributed by atoms with E-state index in [1.54, 1.807) is 36.4 Å². The van der Waals surface area contributed by atoms with Crippen LogP contribution in [0.3, 0.4) is 0 Å². The van der Waals surface area contributed by atoms with Gasteiger partial charge in [-0.1, -0.05) is 109 Å². The van der Waals surface area contributed by atoms with Gasteiger partial charge in [-0.25, -0.2) is 4.39 Å². The second kappa shape index (κ2) is 9.20. The Hall–Kier alpha value is -5.10. The molecule has 8 rings (SSSR count). The Balaban J connectivity index is 1.51. The van der Waals surface area contributed by atoms with E-state index in [2.05, 4.69) is 0 Å². The Morgan fingerprint density at radius 2 is 0.864 bits per heavy atom. The van der Waals surface area contributed by atoms with E-state index in [4.69, 9.17) is 0 Å². The molecule has 8 aromatic rings. The lowest BCUT2D eigenvalue weighted by atomic mass is 9.83. The molecule has 0 saturated heterocycles. The molecule has 0 aliphatic carbocycles. The maximum atomic E-state index is 15.2. The van der Waals surface area contributed by atoms with Crippen LogP contribution in [0.1, 0.15) is 5.56 Å². The zero-order valence-electron chi connectivity index (χ0n) is 22.8. The molecule has 0 nitrogen and oxygen atoms in total. The second-order valence-corrected chi connectivity index (χ2v) is 11.1. The summed E-state index contributed by atoms with van der Waals surface area (Å²) in [5.74, 6) is -5.39. The number of hydrogen-bond acceptors (Lipinski definition) is 0. The monoisotopic (exact) mass is 590 g/mol. The minimum atomic E-state index is -5.77. The lowest BCUT2D eigenvalue weighted by Gasteiger charge is -2.25. The van der Waals surface area contributed by atoms with Gasteiger partial charge in [0, 0.05) is 5.56 Å². The lowest BCUT2D eigenvalue weighted by molar-refractivity contribution is -0.288. The number of fused-ring (bicyclic) bond motifs is 2. The fourth-order valence-electron chi connectivity index (χ4n) is 6.80. The molecule has 8 aromatic carbocycles. The maximum absolute atomic E-state index is 15.2. The molecule has 0 atom stereocenters. The predicted molar refractivity (Wildman–Crippen MR) is 166 cm³/mol. The van der Waals surface area contributed by atoms with Crippen LogP contribution in [0.2, 0.25) is 0 Å². The highest BCUT2D eigenvalue weighted by molar-refractivity contribution is 6.29. The van der Waals surface area contributed by atoms with Crippen LogP contribution >= 0.6 is 0 Å². The molecule has 0 spiro atoms. The number of rotatable bonds is 3. The van der Waals surface area contributed by atoms with Crippen LogP contribution in [0, 0.1) is 5.82 Å². The zero-order chi connectivity index (χ0) is 30.4. The van der Waals surface area contributed by atoms with E-state index in [0.717, 1.165) is 49.0 Å². The van der Waals surface area contributed by atoms with Gasteiger partial charge in [-0.3, -0.25) is 0 Å². The van der Waals surface area contributed by atoms with Crippen molar-refractivity contribution in [3.05, 3.63) is 133 Å². The Bertz CT molecular complexity index is 2340. The molecule has 0 heterocycles. The first-order valence-electron chi connectivity index (χ1n) is 14.0. The second-order valence-electron chi connectivity index (χ2n) is 11.1. The van der Waals surface area contributed by atoms with E-state index in [0.29, 0.717) is 16.3 Å². The van der Waals surface area contributed by atoms with Crippen molar-refractivity contribution < 1.29 is 26.3 Å². The van der Waals surface area contributed by atoms with Crippen molar-refractivity contribution in [2.45, 2.75) is 12.1 Å². The van der Waals surface area contributed by atoms with Crippen molar-refractivity contribution in [1.29, 1.82) is 0 Å². The number of hydrogen-bond donors (Lipinski definition) is 0. The summed E-state index contributed by atoms with van der Waals surface area (Å²) in [7, 11) is 0. The van der Waals surface area contributed by atoms with Crippen molar-refractivity contribution in [3.8, 4) is 22.3 Å². The van der Waals surface area contributed by atoms with Gasteiger partial charge in [-0.05, 0) is 88.2 Å². The third kappa shape index (κ3) is 3.67. The fraction of sp³-hybridized carbons (Fsp3) is 0.0526. The normalized spacial score (nSPS) is 12.8. The van der Waals surface area contributed by atoms with Crippen LogP contribution in [0.5, 0.6) is 0 Å².